The van der Waals surface area contributed by atoms with Crippen LogP contribution in [0.25, 0.3) is 77.7 Å². The molecule has 2 heterocycles. The number of carbonyl (C=O) groups is 1. The van der Waals surface area contributed by atoms with Crippen LogP contribution < -0.4 is 9.88 Å². The van der Waals surface area contributed by atoms with Gasteiger partial charge in [0.05, 0.1) is 0 Å². The molecule has 0 bridgehead atoms. The van der Waals surface area contributed by atoms with Gasteiger partial charge in [-0.3, -0.25) is 4.79 Å². The number of nitrogens with zero attached hydrogens (tertiary/aromatic N) is 3. The largest absolute Gasteiger partial charge is 0.661 e. The molecule has 12 aromatic rings. The molecule has 1 atom stereocenters. The minimum absolute atomic E-state index is 0. The van der Waals surface area contributed by atoms with Crippen molar-refractivity contribution in [2.45, 2.75) is 258 Å². The van der Waals surface area contributed by atoms with Gasteiger partial charge in [0.15, 0.2) is 5.78 Å². The van der Waals surface area contributed by atoms with Gasteiger partial charge < -0.3 is 14.9 Å². The number of ketones is 1. The summed E-state index contributed by atoms with van der Waals surface area (Å²) < 4.78 is 0. The topological polar surface area (TPSA) is 47.3 Å². The monoisotopic (exact) mass is 1670 g/mol. The van der Waals surface area contributed by atoms with Crippen LogP contribution in [0.4, 0.5) is 17.1 Å². The van der Waals surface area contributed by atoms with E-state index in [1.807, 2.05) is 60.8 Å². The number of aryl methyl sites for hydroxylation is 2. The average molecular weight is 1670 g/mol. The van der Waals surface area contributed by atoms with E-state index in [2.05, 4.69) is 252 Å². The van der Waals surface area contributed by atoms with Crippen molar-refractivity contribution in [1.82, 2.24) is 9.97 Å². The van der Waals surface area contributed by atoms with Crippen molar-refractivity contribution in [3.05, 3.63) is 299 Å². The van der Waals surface area contributed by atoms with Gasteiger partial charge >= 0.3 is 0 Å². The van der Waals surface area contributed by atoms with E-state index >= 15 is 0 Å². The van der Waals surface area contributed by atoms with Crippen LogP contribution in [0.15, 0.2) is 243 Å². The summed E-state index contributed by atoms with van der Waals surface area (Å²) in [4.78, 5) is 26.4. The van der Waals surface area contributed by atoms with Crippen LogP contribution >= 0.6 is 0 Å². The number of unbranched alkanes of at least 4 members (excludes halogenated alkanes) is 20. The van der Waals surface area contributed by atoms with Gasteiger partial charge in [-0.05, 0) is 231 Å². The maximum atomic E-state index is 15.0. The number of hydrogen-bond donors (Lipinski definition) is 0. The van der Waals surface area contributed by atoms with E-state index in [4.69, 9.17) is 0 Å². The Morgan fingerprint density at radius 1 is 0.407 bits per heavy atom. The number of aromatic nitrogens is 2. The van der Waals surface area contributed by atoms with Gasteiger partial charge in [-0.2, -0.15) is 6.20 Å². The van der Waals surface area contributed by atoms with E-state index in [-0.39, 0.29) is 36.7 Å². The second-order valence-corrected chi connectivity index (χ2v) is 33.0. The Balaban J connectivity index is 0.000000612. The number of hydrogen-bond acceptors (Lipinski definition) is 3. The van der Waals surface area contributed by atoms with E-state index in [1.165, 1.54) is 267 Å². The molecular formula is C108H123IrN3O-2. The Morgan fingerprint density at radius 2 is 0.832 bits per heavy atom. The molecule has 0 saturated carbocycles. The van der Waals surface area contributed by atoms with Crippen LogP contribution in [0.3, 0.4) is 0 Å². The molecule has 2 aromatic heterocycles. The van der Waals surface area contributed by atoms with Gasteiger partial charge in [-0.25, -0.2) is 0 Å². The maximum absolute atomic E-state index is 15.0. The van der Waals surface area contributed by atoms with Crippen LogP contribution in [-0.4, -0.2) is 10.8 Å². The fraction of sp³-hybridized carbons (Fsp3) is 0.370. The summed E-state index contributed by atoms with van der Waals surface area (Å²) in [5.74, 6) is 0.493. The van der Waals surface area contributed by atoms with Crippen molar-refractivity contribution in [2.75, 3.05) is 4.90 Å². The second kappa shape index (κ2) is 40.8. The van der Waals surface area contributed by atoms with E-state index in [0.717, 1.165) is 53.0 Å². The van der Waals surface area contributed by atoms with Crippen molar-refractivity contribution in [3.63, 3.8) is 0 Å². The van der Waals surface area contributed by atoms with Gasteiger partial charge in [0.1, 0.15) is 0 Å². The number of carbonyl (C=O) groups excluding carboxylic acids is 1. The predicted molar refractivity (Wildman–Crippen MR) is 479 cm³/mol. The summed E-state index contributed by atoms with van der Waals surface area (Å²) in [6.45, 7) is 18.4. The minimum atomic E-state index is -0.173. The van der Waals surface area contributed by atoms with Gasteiger partial charge in [0, 0.05) is 59.8 Å². The minimum Gasteiger partial charge on any atom is -0.661 e. The molecule has 2 aliphatic rings. The molecule has 10 aromatic carbocycles. The zero-order valence-corrected chi connectivity index (χ0v) is 71.7. The molecule has 0 spiro atoms. The number of fused-ring (bicyclic) bond motifs is 7. The average Bonchev–Trinajstić information content (AvgIpc) is 1.57. The Hall–Kier alpha value is -8.99. The zero-order chi connectivity index (χ0) is 77.7. The third-order valence-corrected chi connectivity index (χ3v) is 25.1. The van der Waals surface area contributed by atoms with E-state index in [9.17, 15) is 4.79 Å². The maximum Gasteiger partial charge on any atom is 0.171 e. The number of rotatable bonds is 39. The van der Waals surface area contributed by atoms with Crippen molar-refractivity contribution in [2.24, 2.45) is 0 Å². The first-order chi connectivity index (χ1) is 55.0. The first-order valence-corrected chi connectivity index (χ1v) is 43.7. The van der Waals surface area contributed by atoms with Crippen LogP contribution in [0.5, 0.6) is 0 Å². The summed E-state index contributed by atoms with van der Waals surface area (Å²) >= 11 is 0. The molecule has 1 radical (unpaired) electrons. The van der Waals surface area contributed by atoms with Crippen molar-refractivity contribution in [3.8, 4) is 66.9 Å². The summed E-state index contributed by atoms with van der Waals surface area (Å²) in [6.07, 6.45) is 39.9. The molecule has 0 fully saturated rings. The summed E-state index contributed by atoms with van der Waals surface area (Å²) in [6, 6.07) is 89.2. The SMILES string of the molecule is CCCCCCCCC1(CCCCCCCC)c2cc(C)ccc2-c2ccc(-c3cc(C(=O)c4ccc[n-]4)cc(-c4ccc5c(c4)C(CCCCCCCC)(CCCCCCCC)c4cc(-c6ccc(N(c7ccc(C)cc7)c7ccc(C(C)CC)cc7)cc6)ccc4-5)c3)cc21.[Ir].[c-]1ccccc1-c1nccc2ccccc12. The third kappa shape index (κ3) is 19.7. The molecule has 0 aliphatic heterocycles. The van der Waals surface area contributed by atoms with Crippen molar-refractivity contribution in [1.29, 1.82) is 0 Å². The number of anilines is 3. The molecule has 4 nitrogen and oxygen atoms in total. The van der Waals surface area contributed by atoms with E-state index in [0.29, 0.717) is 17.2 Å². The molecule has 5 heteroatoms. The molecule has 14 rings (SSSR count). The van der Waals surface area contributed by atoms with E-state index in [1.54, 1.807) is 6.20 Å². The number of benzene rings is 10. The molecule has 0 N–H and O–H groups in total. The van der Waals surface area contributed by atoms with Crippen molar-refractivity contribution < 1.29 is 24.9 Å². The molecule has 1 unspecified atom stereocenters. The molecular weight excluding hydrogens is 1550 g/mol. The Labute approximate surface area is 692 Å². The fourth-order valence-electron chi connectivity index (χ4n) is 18.5. The Kier molecular flexibility index (Phi) is 30.2. The van der Waals surface area contributed by atoms with Crippen LogP contribution in [-0.2, 0) is 30.9 Å². The summed E-state index contributed by atoms with van der Waals surface area (Å²) in [7, 11) is 0. The zero-order valence-electron chi connectivity index (χ0n) is 69.3. The van der Waals surface area contributed by atoms with Crippen LogP contribution in [0.2, 0.25) is 0 Å². The standard InChI is InChI=1S/C93H114N2O.C15H10N.Ir/c1-9-14-18-22-26-30-56-92(57-31-27-23-19-15-10-2)86-61-69(7)38-52-82(86)83-54-44-74(66-88(83)92)76-62-77(64-78(63-76)91(96)90-35-34-60-94-90)75-45-55-85-84-53-43-73(65-87(84)93(89(85)67-75,58-32-28-24-20-16-11-3)59-33-29-25-21-17-12-4)72-41-50-81(51-42-72)95(79-46-36-68(6)37-47-79)80-48-39-71(40-49-80)70(8)13-5;1-2-7-13(8-3-1)15-14-9-5-4-6-12(14)10-11-16-15;/h34-55,60-67,70H,9-33,56-59H2,1-8H3,(H,94,96);1-7,9-11H;/q;-1;/p-1. The predicted octanol–water partition coefficient (Wildman–Crippen LogP) is 31.7. The molecule has 2 aliphatic carbocycles. The molecule has 587 valence electrons. The first kappa shape index (κ1) is 83.4. The van der Waals surface area contributed by atoms with Gasteiger partial charge in [-0.15, -0.1) is 35.9 Å². The van der Waals surface area contributed by atoms with Gasteiger partial charge in [-0.1, -0.05) is 340 Å². The third-order valence-electron chi connectivity index (χ3n) is 25.1. The Morgan fingerprint density at radius 3 is 1.30 bits per heavy atom. The van der Waals surface area contributed by atoms with Gasteiger partial charge in [0.25, 0.3) is 0 Å². The molecule has 0 amide bonds. The van der Waals surface area contributed by atoms with E-state index < -0.39 is 0 Å². The first-order valence-electron chi connectivity index (χ1n) is 43.7. The quantitative estimate of drug-likeness (QED) is 0.0219. The second-order valence-electron chi connectivity index (χ2n) is 33.0. The fourth-order valence-corrected chi connectivity index (χ4v) is 18.5. The molecule has 113 heavy (non-hydrogen) atoms. The normalized spacial score (nSPS) is 13.0. The smallest absolute Gasteiger partial charge is 0.171 e. The molecule has 0 saturated heterocycles. The van der Waals surface area contributed by atoms with Crippen molar-refractivity contribution >= 4 is 33.6 Å². The summed E-state index contributed by atoms with van der Waals surface area (Å²) in [5.41, 5.74) is 29.1. The summed E-state index contributed by atoms with van der Waals surface area (Å²) in [5, 5.41) is 2.39. The van der Waals surface area contributed by atoms with Gasteiger partial charge in [0.2, 0.25) is 0 Å². The number of pyridine rings is 1. The van der Waals surface area contributed by atoms with Crippen LogP contribution in [0, 0.1) is 19.9 Å². The Bertz CT molecular complexity index is 4950. The van der Waals surface area contributed by atoms with Crippen LogP contribution in [0.1, 0.15) is 289 Å².